The fraction of sp³-hybridized carbons (Fsp3) is 0.923. The number of nitrogens with zero attached hydrogens (tertiary/aromatic N) is 1. The molecular formula is C26H50N2O4. The molecule has 0 aromatic rings. The highest BCUT2D eigenvalue weighted by Crippen LogP contribution is 2.19. The highest BCUT2D eigenvalue weighted by molar-refractivity contribution is 5.77. The Labute approximate surface area is 196 Å². The molecule has 1 aliphatic rings. The second kappa shape index (κ2) is 19.3. The van der Waals surface area contributed by atoms with Gasteiger partial charge in [0, 0.05) is 25.9 Å². The first-order valence-corrected chi connectivity index (χ1v) is 13.4. The number of hydrogen-bond acceptors (Lipinski definition) is 4. The summed E-state index contributed by atoms with van der Waals surface area (Å²) in [6.45, 7) is 3.18. The molecule has 1 saturated heterocycles. The van der Waals surface area contributed by atoms with E-state index in [9.17, 15) is 19.8 Å². The van der Waals surface area contributed by atoms with Crippen LogP contribution in [0.25, 0.3) is 0 Å². The van der Waals surface area contributed by atoms with E-state index < -0.39 is 6.10 Å². The number of hydrogen-bond donors (Lipinski definition) is 3. The van der Waals surface area contributed by atoms with Crippen LogP contribution in [-0.4, -0.2) is 58.8 Å². The summed E-state index contributed by atoms with van der Waals surface area (Å²) in [4.78, 5) is 25.8. The molecule has 32 heavy (non-hydrogen) atoms. The van der Waals surface area contributed by atoms with Crippen LogP contribution >= 0.6 is 0 Å². The van der Waals surface area contributed by atoms with Crippen LogP contribution in [0, 0.1) is 0 Å². The van der Waals surface area contributed by atoms with Crippen LogP contribution in [0.15, 0.2) is 0 Å². The number of nitrogens with one attached hydrogen (secondary N) is 1. The van der Waals surface area contributed by atoms with E-state index in [1.54, 1.807) is 4.90 Å². The Hall–Kier alpha value is -1.14. The first-order chi connectivity index (χ1) is 15.6. The van der Waals surface area contributed by atoms with Gasteiger partial charge in [-0.15, -0.1) is 0 Å². The number of unbranched alkanes of at least 4 members (excludes halogenated alkanes) is 13. The number of aliphatic hydroxyl groups excluding tert-OH is 2. The summed E-state index contributed by atoms with van der Waals surface area (Å²) < 4.78 is 0. The van der Waals surface area contributed by atoms with Crippen molar-refractivity contribution in [2.24, 2.45) is 0 Å². The predicted octanol–water partition coefficient (Wildman–Crippen LogP) is 4.71. The Morgan fingerprint density at radius 3 is 1.94 bits per heavy atom. The zero-order valence-electron chi connectivity index (χ0n) is 20.7. The van der Waals surface area contributed by atoms with Crippen molar-refractivity contribution in [3.8, 4) is 0 Å². The van der Waals surface area contributed by atoms with Crippen LogP contribution in [0.1, 0.15) is 122 Å². The molecule has 1 aliphatic heterocycles. The molecule has 0 spiro atoms. The zero-order chi connectivity index (χ0) is 23.4. The summed E-state index contributed by atoms with van der Waals surface area (Å²) in [5.41, 5.74) is 0. The van der Waals surface area contributed by atoms with Crippen LogP contribution in [-0.2, 0) is 9.59 Å². The van der Waals surface area contributed by atoms with Crippen molar-refractivity contribution in [2.75, 3.05) is 19.7 Å². The van der Waals surface area contributed by atoms with Crippen LogP contribution < -0.4 is 5.32 Å². The largest absolute Gasteiger partial charge is 0.394 e. The minimum absolute atomic E-state index is 0.0107. The maximum Gasteiger partial charge on any atom is 0.222 e. The average molecular weight is 455 g/mol. The Morgan fingerprint density at radius 1 is 0.812 bits per heavy atom. The van der Waals surface area contributed by atoms with Gasteiger partial charge in [0.2, 0.25) is 11.8 Å². The molecule has 6 nitrogen and oxygen atoms in total. The number of amides is 2. The number of β-amino-alcohol motifs (C(OH)–C–C–N with tert-alkyl or cyclic N) is 1. The van der Waals surface area contributed by atoms with Gasteiger partial charge in [0.25, 0.3) is 0 Å². The molecule has 0 bridgehead atoms. The quantitative estimate of drug-likeness (QED) is 0.232. The molecule has 0 aromatic carbocycles. The SMILES string of the molecule is CCCCCCCCCCCCCCC(=O)NCCCCCC(=O)N1CC(O)C[C@H]1CO. The monoisotopic (exact) mass is 454 g/mol. The summed E-state index contributed by atoms with van der Waals surface area (Å²) in [5, 5.41) is 22.0. The van der Waals surface area contributed by atoms with Crippen LogP contribution in [0.5, 0.6) is 0 Å². The van der Waals surface area contributed by atoms with Gasteiger partial charge in [-0.2, -0.15) is 0 Å². The summed E-state index contributed by atoms with van der Waals surface area (Å²) >= 11 is 0. The van der Waals surface area contributed by atoms with E-state index in [2.05, 4.69) is 12.2 Å². The Morgan fingerprint density at radius 2 is 1.34 bits per heavy atom. The topological polar surface area (TPSA) is 89.9 Å². The van der Waals surface area contributed by atoms with E-state index in [1.807, 2.05) is 0 Å². The lowest BCUT2D eigenvalue weighted by Gasteiger charge is -2.22. The third kappa shape index (κ3) is 14.1. The normalized spacial score (nSPS) is 18.3. The van der Waals surface area contributed by atoms with Gasteiger partial charge in [-0.3, -0.25) is 9.59 Å². The summed E-state index contributed by atoms with van der Waals surface area (Å²) in [5.74, 6) is 0.154. The van der Waals surface area contributed by atoms with E-state index >= 15 is 0 Å². The smallest absolute Gasteiger partial charge is 0.222 e. The third-order valence-electron chi connectivity index (χ3n) is 6.57. The standard InChI is InChI=1S/C26H50N2O4/c1-2-3-4-5-6-7-8-9-10-11-12-14-17-25(31)27-19-16-13-15-18-26(32)28-21-24(30)20-23(28)22-29/h23-24,29-30H,2-22H2,1H3,(H,27,31)/t23-,24?/m0/s1. The molecule has 2 atom stereocenters. The first kappa shape index (κ1) is 28.9. The van der Waals surface area contributed by atoms with Gasteiger partial charge in [0.05, 0.1) is 18.8 Å². The molecular weight excluding hydrogens is 404 g/mol. The molecule has 1 rings (SSSR count). The maximum absolute atomic E-state index is 12.2. The molecule has 6 heteroatoms. The minimum Gasteiger partial charge on any atom is -0.394 e. The Balaban J connectivity index is 1.85. The molecule has 1 fully saturated rings. The van der Waals surface area contributed by atoms with Gasteiger partial charge >= 0.3 is 0 Å². The summed E-state index contributed by atoms with van der Waals surface area (Å²) in [6.07, 6.45) is 19.2. The van der Waals surface area contributed by atoms with Gasteiger partial charge in [0.15, 0.2) is 0 Å². The first-order valence-electron chi connectivity index (χ1n) is 13.4. The van der Waals surface area contributed by atoms with E-state index in [4.69, 9.17) is 0 Å². The molecule has 0 aromatic heterocycles. The van der Waals surface area contributed by atoms with Gasteiger partial charge < -0.3 is 20.4 Å². The van der Waals surface area contributed by atoms with Crippen LogP contribution in [0.4, 0.5) is 0 Å². The van der Waals surface area contributed by atoms with Crippen molar-refractivity contribution in [3.05, 3.63) is 0 Å². The number of carbonyl (C=O) groups excluding carboxylic acids is 2. The van der Waals surface area contributed by atoms with Crippen molar-refractivity contribution in [1.29, 1.82) is 0 Å². The average Bonchev–Trinajstić information content (AvgIpc) is 3.17. The fourth-order valence-corrected chi connectivity index (χ4v) is 4.53. The van der Waals surface area contributed by atoms with Crippen LogP contribution in [0.3, 0.4) is 0 Å². The lowest BCUT2D eigenvalue weighted by atomic mass is 10.0. The molecule has 1 heterocycles. The number of rotatable bonds is 20. The Kier molecular flexibility index (Phi) is 17.5. The van der Waals surface area contributed by atoms with Gasteiger partial charge in [-0.1, -0.05) is 84.0 Å². The summed E-state index contributed by atoms with van der Waals surface area (Å²) in [6, 6.07) is -0.239. The van der Waals surface area contributed by atoms with Crippen molar-refractivity contribution < 1.29 is 19.8 Å². The number of likely N-dealkylation sites (tertiary alicyclic amines) is 1. The van der Waals surface area contributed by atoms with E-state index in [0.29, 0.717) is 32.4 Å². The second-order valence-corrected chi connectivity index (χ2v) is 9.57. The van der Waals surface area contributed by atoms with Crippen molar-refractivity contribution >= 4 is 11.8 Å². The highest BCUT2D eigenvalue weighted by Gasteiger charge is 2.33. The van der Waals surface area contributed by atoms with Gasteiger partial charge in [-0.05, 0) is 25.7 Å². The highest BCUT2D eigenvalue weighted by atomic mass is 16.3. The molecule has 0 aliphatic carbocycles. The van der Waals surface area contributed by atoms with Crippen LogP contribution in [0.2, 0.25) is 0 Å². The zero-order valence-corrected chi connectivity index (χ0v) is 20.7. The van der Waals surface area contributed by atoms with Crippen molar-refractivity contribution in [2.45, 2.75) is 135 Å². The molecule has 188 valence electrons. The number of carbonyl (C=O) groups is 2. The maximum atomic E-state index is 12.2. The third-order valence-corrected chi connectivity index (χ3v) is 6.57. The van der Waals surface area contributed by atoms with E-state index in [-0.39, 0.29) is 24.5 Å². The lowest BCUT2D eigenvalue weighted by molar-refractivity contribution is -0.133. The van der Waals surface area contributed by atoms with Gasteiger partial charge in [0.1, 0.15) is 0 Å². The Bertz CT molecular complexity index is 486. The fourth-order valence-electron chi connectivity index (χ4n) is 4.53. The lowest BCUT2D eigenvalue weighted by Crippen LogP contribution is -2.37. The predicted molar refractivity (Wildman–Crippen MR) is 130 cm³/mol. The van der Waals surface area contributed by atoms with E-state index in [0.717, 1.165) is 32.1 Å². The van der Waals surface area contributed by atoms with E-state index in [1.165, 1.54) is 64.2 Å². The van der Waals surface area contributed by atoms with Crippen molar-refractivity contribution in [3.63, 3.8) is 0 Å². The van der Waals surface area contributed by atoms with Crippen molar-refractivity contribution in [1.82, 2.24) is 10.2 Å². The molecule has 0 radical (unpaired) electrons. The molecule has 0 saturated carbocycles. The van der Waals surface area contributed by atoms with Gasteiger partial charge in [-0.25, -0.2) is 0 Å². The molecule has 3 N–H and O–H groups in total. The summed E-state index contributed by atoms with van der Waals surface area (Å²) in [7, 11) is 0. The molecule has 1 unspecified atom stereocenters. The molecule has 2 amide bonds. The minimum atomic E-state index is -0.517. The second-order valence-electron chi connectivity index (χ2n) is 9.57. The number of aliphatic hydroxyl groups is 2.